The number of sulfonamides is 1. The van der Waals surface area contributed by atoms with Crippen molar-refractivity contribution in [1.29, 1.82) is 0 Å². The maximum Gasteiger partial charge on any atom is 0.241 e. The van der Waals surface area contributed by atoms with Crippen molar-refractivity contribution in [1.82, 2.24) is 4.72 Å². The van der Waals surface area contributed by atoms with Crippen molar-refractivity contribution in [2.24, 2.45) is 22.2 Å². The number of aliphatic imine (C=N–C) groups is 1. The molecular weight excluding hydrogens is 390 g/mol. The number of carbonyl (C=O) groups is 1. The van der Waals surface area contributed by atoms with Crippen molar-refractivity contribution in [2.45, 2.75) is 43.5 Å². The van der Waals surface area contributed by atoms with Crippen molar-refractivity contribution >= 4 is 27.6 Å². The number of nitrogens with one attached hydrogen (secondary N) is 1. The molecule has 8 nitrogen and oxygen atoms in total. The third-order valence-electron chi connectivity index (χ3n) is 4.31. The van der Waals surface area contributed by atoms with Gasteiger partial charge >= 0.3 is 0 Å². The van der Waals surface area contributed by atoms with E-state index in [1.807, 2.05) is 20.8 Å². The Kier molecular flexibility index (Phi) is 6.66. The molecule has 0 aliphatic heterocycles. The van der Waals surface area contributed by atoms with Gasteiger partial charge < -0.3 is 17.2 Å². The largest absolute Gasteiger partial charge is 0.370 e. The van der Waals surface area contributed by atoms with Crippen molar-refractivity contribution in [3.63, 3.8) is 0 Å². The minimum atomic E-state index is -3.92. The van der Waals surface area contributed by atoms with Gasteiger partial charge in [0.15, 0.2) is 5.96 Å². The highest BCUT2D eigenvalue weighted by Gasteiger charge is 2.25. The van der Waals surface area contributed by atoms with E-state index in [9.17, 15) is 13.2 Å². The fraction of sp³-hybridized carbons (Fsp3) is 0.300. The Morgan fingerprint density at radius 2 is 1.55 bits per heavy atom. The summed E-state index contributed by atoms with van der Waals surface area (Å²) in [5, 5.41) is 0. The molecule has 0 aliphatic rings. The number of carbonyl (C=O) groups excluding carboxylic acids is 1. The van der Waals surface area contributed by atoms with Gasteiger partial charge in [-0.3, -0.25) is 4.79 Å². The molecule has 2 rings (SSSR count). The minimum absolute atomic E-state index is 0.0693. The van der Waals surface area contributed by atoms with Gasteiger partial charge in [-0.1, -0.05) is 45.0 Å². The Morgan fingerprint density at radius 3 is 2.00 bits per heavy atom. The molecule has 0 aliphatic carbocycles. The van der Waals surface area contributed by atoms with Gasteiger partial charge in [0.1, 0.15) is 6.04 Å². The highest BCUT2D eigenvalue weighted by Crippen LogP contribution is 2.23. The second-order valence-corrected chi connectivity index (χ2v) is 9.47. The van der Waals surface area contributed by atoms with Crippen molar-refractivity contribution < 1.29 is 13.2 Å². The molecule has 156 valence electrons. The lowest BCUT2D eigenvalue weighted by Crippen LogP contribution is -2.45. The Hall–Kier alpha value is -2.91. The zero-order chi connectivity index (χ0) is 21.8. The van der Waals surface area contributed by atoms with Crippen LogP contribution in [0.4, 0.5) is 5.69 Å². The van der Waals surface area contributed by atoms with Gasteiger partial charge in [0.05, 0.1) is 10.6 Å². The molecule has 29 heavy (non-hydrogen) atoms. The number of primary amides is 1. The van der Waals surface area contributed by atoms with Crippen LogP contribution in [-0.2, 0) is 26.7 Å². The third-order valence-corrected chi connectivity index (χ3v) is 5.79. The van der Waals surface area contributed by atoms with Gasteiger partial charge in [-0.2, -0.15) is 4.72 Å². The topological polar surface area (TPSA) is 154 Å². The first kappa shape index (κ1) is 22.4. The monoisotopic (exact) mass is 417 g/mol. The van der Waals surface area contributed by atoms with E-state index in [1.165, 1.54) is 12.1 Å². The molecule has 0 radical (unpaired) electrons. The normalized spacial score (nSPS) is 12.9. The third kappa shape index (κ3) is 6.30. The summed E-state index contributed by atoms with van der Waals surface area (Å²) in [6, 6.07) is 12.2. The predicted molar refractivity (Wildman–Crippen MR) is 114 cm³/mol. The van der Waals surface area contributed by atoms with Crippen LogP contribution in [0.3, 0.4) is 0 Å². The van der Waals surface area contributed by atoms with Crippen LogP contribution in [-0.4, -0.2) is 26.3 Å². The molecule has 0 saturated carbocycles. The SMILES string of the molecule is CC(C)(C)c1ccc(S(=O)(=O)N[C@@H](Cc2ccc(N=C(N)N)cc2)C(N)=O)cc1. The molecule has 0 bridgehead atoms. The first-order valence-electron chi connectivity index (χ1n) is 8.99. The number of guanidine groups is 1. The zero-order valence-corrected chi connectivity index (χ0v) is 17.5. The standard InChI is InChI=1S/C20H27N5O3S/c1-20(2,3)14-6-10-16(11-7-14)29(27,28)25-17(18(21)26)12-13-4-8-15(9-5-13)24-19(22)23/h4-11,17,25H,12H2,1-3H3,(H2,21,26)(H4,22,23,24)/t17-/m0/s1. The first-order chi connectivity index (χ1) is 13.4. The molecule has 7 N–H and O–H groups in total. The van der Waals surface area contributed by atoms with Crippen LogP contribution in [0.1, 0.15) is 31.9 Å². The van der Waals surface area contributed by atoms with Crippen LogP contribution in [0.5, 0.6) is 0 Å². The molecule has 1 amide bonds. The van der Waals surface area contributed by atoms with Crippen molar-refractivity contribution in [3.8, 4) is 0 Å². The summed E-state index contributed by atoms with van der Waals surface area (Å²) in [5.41, 5.74) is 18.2. The van der Waals surface area contributed by atoms with Crippen LogP contribution in [0, 0.1) is 0 Å². The fourth-order valence-electron chi connectivity index (χ4n) is 2.68. The smallest absolute Gasteiger partial charge is 0.241 e. The van der Waals surface area contributed by atoms with E-state index in [-0.39, 0.29) is 22.7 Å². The summed E-state index contributed by atoms with van der Waals surface area (Å²) >= 11 is 0. The number of hydrogen-bond acceptors (Lipinski definition) is 4. The van der Waals surface area contributed by atoms with Crippen molar-refractivity contribution in [2.75, 3.05) is 0 Å². The van der Waals surface area contributed by atoms with E-state index in [4.69, 9.17) is 17.2 Å². The maximum atomic E-state index is 12.7. The highest BCUT2D eigenvalue weighted by molar-refractivity contribution is 7.89. The average Bonchev–Trinajstić information content (AvgIpc) is 2.61. The van der Waals surface area contributed by atoms with E-state index in [2.05, 4.69) is 9.71 Å². The lowest BCUT2D eigenvalue weighted by molar-refractivity contribution is -0.119. The Balaban J connectivity index is 2.19. The molecular formula is C20H27N5O3S. The molecule has 2 aromatic carbocycles. The van der Waals surface area contributed by atoms with Gasteiger partial charge in [0.25, 0.3) is 0 Å². The molecule has 0 heterocycles. The van der Waals surface area contributed by atoms with Gasteiger partial charge in [-0.05, 0) is 47.2 Å². The van der Waals surface area contributed by atoms with E-state index >= 15 is 0 Å². The number of benzene rings is 2. The maximum absolute atomic E-state index is 12.7. The second-order valence-electron chi connectivity index (χ2n) is 7.76. The number of rotatable bonds is 7. The number of nitrogens with two attached hydrogens (primary N) is 3. The van der Waals surface area contributed by atoms with Crippen LogP contribution in [0.15, 0.2) is 58.4 Å². The quantitative estimate of drug-likeness (QED) is 0.394. The van der Waals surface area contributed by atoms with Crippen LogP contribution < -0.4 is 21.9 Å². The van der Waals surface area contributed by atoms with E-state index in [0.717, 1.165) is 5.56 Å². The van der Waals surface area contributed by atoms with Crippen LogP contribution >= 0.6 is 0 Å². The molecule has 0 aromatic heterocycles. The lowest BCUT2D eigenvalue weighted by atomic mass is 9.87. The second kappa shape index (κ2) is 8.62. The average molecular weight is 418 g/mol. The molecule has 1 atom stereocenters. The van der Waals surface area contributed by atoms with E-state index in [0.29, 0.717) is 11.3 Å². The molecule has 0 saturated heterocycles. The van der Waals surface area contributed by atoms with Gasteiger partial charge in [-0.15, -0.1) is 0 Å². The molecule has 0 unspecified atom stereocenters. The lowest BCUT2D eigenvalue weighted by Gasteiger charge is -2.20. The fourth-order valence-corrected chi connectivity index (χ4v) is 3.89. The first-order valence-corrected chi connectivity index (χ1v) is 10.5. The van der Waals surface area contributed by atoms with Gasteiger partial charge in [0.2, 0.25) is 15.9 Å². The molecule has 2 aromatic rings. The summed E-state index contributed by atoms with van der Waals surface area (Å²) in [6.07, 6.45) is 0.0940. The number of nitrogens with zero attached hydrogens (tertiary/aromatic N) is 1. The highest BCUT2D eigenvalue weighted by atomic mass is 32.2. The van der Waals surface area contributed by atoms with E-state index < -0.39 is 22.0 Å². The predicted octanol–water partition coefficient (Wildman–Crippen LogP) is 1.26. The summed E-state index contributed by atoms with van der Waals surface area (Å²) in [5.74, 6) is -0.841. The van der Waals surface area contributed by atoms with Crippen molar-refractivity contribution in [3.05, 3.63) is 59.7 Å². The number of amides is 1. The zero-order valence-electron chi connectivity index (χ0n) is 16.7. The summed E-state index contributed by atoms with van der Waals surface area (Å²) in [7, 11) is -3.92. The summed E-state index contributed by atoms with van der Waals surface area (Å²) < 4.78 is 27.8. The van der Waals surface area contributed by atoms with E-state index in [1.54, 1.807) is 36.4 Å². The van der Waals surface area contributed by atoms with Crippen LogP contribution in [0.2, 0.25) is 0 Å². The number of hydrogen-bond donors (Lipinski definition) is 4. The molecule has 0 fully saturated rings. The summed E-state index contributed by atoms with van der Waals surface area (Å²) in [4.78, 5) is 15.8. The Morgan fingerprint density at radius 1 is 1.00 bits per heavy atom. The van der Waals surface area contributed by atoms with Gasteiger partial charge in [0, 0.05) is 0 Å². The summed E-state index contributed by atoms with van der Waals surface area (Å²) in [6.45, 7) is 6.11. The minimum Gasteiger partial charge on any atom is -0.370 e. The van der Waals surface area contributed by atoms with Crippen LogP contribution in [0.25, 0.3) is 0 Å². The van der Waals surface area contributed by atoms with Gasteiger partial charge in [-0.25, -0.2) is 13.4 Å². The Labute approximate surface area is 171 Å². The Bertz CT molecular complexity index is 988. The molecule has 0 spiro atoms. The molecule has 9 heteroatoms.